The van der Waals surface area contributed by atoms with Gasteiger partial charge in [0.25, 0.3) is 0 Å². The molecule has 9 heteroatoms. The first kappa shape index (κ1) is 45.4. The molecule has 0 aromatic carbocycles. The Kier molecular flexibility index (Phi) is 23.8. The minimum absolute atomic E-state index is 0.0373. The molecule has 2 aliphatic heterocycles. The molecule has 0 saturated carbocycles. The zero-order chi connectivity index (χ0) is 35.4. The van der Waals surface area contributed by atoms with Gasteiger partial charge in [-0.25, -0.2) is 0 Å². The summed E-state index contributed by atoms with van der Waals surface area (Å²) in [5.41, 5.74) is 17.8. The Labute approximate surface area is 274 Å². The number of nitrogens with two attached hydrogens (primary N) is 3. The van der Waals surface area contributed by atoms with Crippen molar-refractivity contribution in [3.8, 4) is 0 Å². The van der Waals surface area contributed by atoms with Gasteiger partial charge in [-0.15, -0.1) is 0 Å². The molecule has 0 bridgehead atoms. The third kappa shape index (κ3) is 19.5. The molecule has 2 rings (SSSR count). The number of hydrogen-bond acceptors (Lipinski definition) is 6. The first-order chi connectivity index (χ1) is 20.9. The SMILES string of the molecule is CC.CC/C=C(\OCC)C(N)CC(F)(F)F.CCC(C)(C)[C@@H](N)C1=CCCC(C)O1.CCC1OC(C(N)CC(C)C)=CCC1C. The normalized spacial score (nSPS) is 22.3. The Morgan fingerprint density at radius 2 is 1.60 bits per heavy atom. The molecular weight excluding hydrogens is 579 g/mol. The van der Waals surface area contributed by atoms with Crippen molar-refractivity contribution in [2.75, 3.05) is 6.61 Å². The summed E-state index contributed by atoms with van der Waals surface area (Å²) in [4.78, 5) is 0. The van der Waals surface area contributed by atoms with E-state index >= 15 is 0 Å². The van der Waals surface area contributed by atoms with E-state index in [2.05, 4.69) is 67.5 Å². The predicted octanol–water partition coefficient (Wildman–Crippen LogP) is 9.53. The van der Waals surface area contributed by atoms with E-state index in [-0.39, 0.29) is 23.3 Å². The first-order valence-electron chi connectivity index (χ1n) is 17.3. The summed E-state index contributed by atoms with van der Waals surface area (Å²) in [6, 6.07) is -0.961. The first-order valence-corrected chi connectivity index (χ1v) is 17.3. The van der Waals surface area contributed by atoms with Crippen LogP contribution in [0.1, 0.15) is 134 Å². The van der Waals surface area contributed by atoms with Crippen LogP contribution in [0.3, 0.4) is 0 Å². The maximum atomic E-state index is 12.0. The average molecular weight is 650 g/mol. The van der Waals surface area contributed by atoms with E-state index in [9.17, 15) is 13.2 Å². The Balaban J connectivity index is 0. The molecule has 0 aromatic heterocycles. The van der Waals surface area contributed by atoms with Gasteiger partial charge in [0, 0.05) is 0 Å². The van der Waals surface area contributed by atoms with Crippen molar-refractivity contribution in [3.63, 3.8) is 0 Å². The molecular formula is C36H70F3N3O3. The standard InChI is InChI=1S/C13H25NO.C12H23NO.C9H16F3NO.C2H6/c1-5-12-10(4)6-7-13(15-12)11(14)8-9(2)3;1-5-12(3,4)11(13)10-8-6-7-9(2)14-10;1-3-5-8(14-4-2)7(13)6-9(10,11)12;1-2/h7,9-12H,5-6,8,14H2,1-4H3;8-9,11H,5-7,13H2,1-4H3;5,7H,3-4,6,13H2,1-2H3;1-2H3/b;;8-5-;/t;9?,11-;;/m.0../s1. The predicted molar refractivity (Wildman–Crippen MR) is 184 cm³/mol. The maximum absolute atomic E-state index is 12.0. The molecule has 6 N–H and O–H groups in total. The fourth-order valence-corrected chi connectivity index (χ4v) is 4.78. The lowest BCUT2D eigenvalue weighted by atomic mass is 9.81. The highest BCUT2D eigenvalue weighted by atomic mass is 19.4. The number of allylic oxidation sites excluding steroid dienone is 3. The molecule has 0 amide bonds. The van der Waals surface area contributed by atoms with Crippen molar-refractivity contribution >= 4 is 0 Å². The number of hydrogen-bond donors (Lipinski definition) is 3. The molecule has 6 nitrogen and oxygen atoms in total. The summed E-state index contributed by atoms with van der Waals surface area (Å²) in [6.07, 6.45) is 8.42. The number of alkyl halides is 3. The van der Waals surface area contributed by atoms with Gasteiger partial charge in [-0.1, -0.05) is 69.2 Å². The largest absolute Gasteiger partial charge is 0.497 e. The van der Waals surface area contributed by atoms with E-state index in [1.54, 1.807) is 13.0 Å². The Morgan fingerprint density at radius 3 is 2.04 bits per heavy atom. The summed E-state index contributed by atoms with van der Waals surface area (Å²) >= 11 is 0. The number of halogens is 3. The van der Waals surface area contributed by atoms with Crippen LogP contribution in [0, 0.1) is 17.3 Å². The highest BCUT2D eigenvalue weighted by molar-refractivity contribution is 5.10. The third-order valence-corrected chi connectivity index (χ3v) is 7.95. The Hall–Kier alpha value is -1.71. The molecule has 0 radical (unpaired) electrons. The topological polar surface area (TPSA) is 106 Å². The van der Waals surface area contributed by atoms with Gasteiger partial charge < -0.3 is 31.4 Å². The van der Waals surface area contributed by atoms with Crippen LogP contribution >= 0.6 is 0 Å². The van der Waals surface area contributed by atoms with Gasteiger partial charge in [-0.2, -0.15) is 13.2 Å². The van der Waals surface area contributed by atoms with Crippen molar-refractivity contribution in [1.29, 1.82) is 0 Å². The van der Waals surface area contributed by atoms with E-state index in [1.165, 1.54) is 0 Å². The second kappa shape index (κ2) is 23.6. The molecule has 0 fully saturated rings. The lowest BCUT2D eigenvalue weighted by Crippen LogP contribution is -2.40. The van der Waals surface area contributed by atoms with Gasteiger partial charge in [0.1, 0.15) is 23.4 Å². The quantitative estimate of drug-likeness (QED) is 0.182. The second-order valence-electron chi connectivity index (χ2n) is 12.9. The van der Waals surface area contributed by atoms with Crippen LogP contribution in [0.15, 0.2) is 35.5 Å². The lowest BCUT2D eigenvalue weighted by molar-refractivity contribution is -0.138. The van der Waals surface area contributed by atoms with Crippen LogP contribution in [-0.4, -0.2) is 43.1 Å². The zero-order valence-corrected chi connectivity index (χ0v) is 30.7. The Bertz CT molecular complexity index is 856. The number of ether oxygens (including phenoxy) is 3. The van der Waals surface area contributed by atoms with Crippen LogP contribution in [0.2, 0.25) is 0 Å². The zero-order valence-electron chi connectivity index (χ0n) is 30.7. The summed E-state index contributed by atoms with van der Waals surface area (Å²) in [6.45, 7) is 25.4. The van der Waals surface area contributed by atoms with Gasteiger partial charge >= 0.3 is 6.18 Å². The third-order valence-electron chi connectivity index (χ3n) is 7.95. The van der Waals surface area contributed by atoms with Crippen LogP contribution in [0.4, 0.5) is 13.2 Å². The maximum Gasteiger partial charge on any atom is 0.391 e. The highest BCUT2D eigenvalue weighted by Gasteiger charge is 2.32. The number of rotatable bonds is 12. The molecule has 2 aliphatic rings. The van der Waals surface area contributed by atoms with Crippen LogP contribution in [-0.2, 0) is 14.2 Å². The van der Waals surface area contributed by atoms with Gasteiger partial charge in [0.15, 0.2) is 0 Å². The van der Waals surface area contributed by atoms with E-state index in [1.807, 2.05) is 20.8 Å². The van der Waals surface area contributed by atoms with Gasteiger partial charge in [-0.05, 0) is 94.3 Å². The molecule has 5 unspecified atom stereocenters. The fraction of sp³-hybridized carbons (Fsp3) is 0.833. The van der Waals surface area contributed by atoms with Crippen LogP contribution in [0.5, 0.6) is 0 Å². The van der Waals surface area contributed by atoms with E-state index < -0.39 is 18.6 Å². The van der Waals surface area contributed by atoms with Crippen molar-refractivity contribution in [1.82, 2.24) is 0 Å². The molecule has 0 aliphatic carbocycles. The fourth-order valence-electron chi connectivity index (χ4n) is 4.78. The van der Waals surface area contributed by atoms with Crippen LogP contribution in [0.25, 0.3) is 0 Å². The van der Waals surface area contributed by atoms with Crippen molar-refractivity contribution < 1.29 is 27.4 Å². The molecule has 0 aromatic rings. The molecule has 0 spiro atoms. The van der Waals surface area contributed by atoms with Crippen molar-refractivity contribution in [3.05, 3.63) is 35.5 Å². The van der Waals surface area contributed by atoms with Crippen molar-refractivity contribution in [2.45, 2.75) is 171 Å². The summed E-state index contributed by atoms with van der Waals surface area (Å²) < 4.78 is 52.7. The Morgan fingerprint density at radius 1 is 1.00 bits per heavy atom. The van der Waals surface area contributed by atoms with Gasteiger partial charge in [0.05, 0.1) is 37.3 Å². The molecule has 268 valence electrons. The lowest BCUT2D eigenvalue weighted by Gasteiger charge is -2.34. The monoisotopic (exact) mass is 650 g/mol. The molecule has 0 saturated heterocycles. The van der Waals surface area contributed by atoms with Crippen molar-refractivity contribution in [2.24, 2.45) is 34.5 Å². The highest BCUT2D eigenvalue weighted by Crippen LogP contribution is 2.31. The summed E-state index contributed by atoms with van der Waals surface area (Å²) in [5.74, 6) is 3.51. The average Bonchev–Trinajstić information content (AvgIpc) is 2.97. The van der Waals surface area contributed by atoms with E-state index in [0.717, 1.165) is 50.0 Å². The summed E-state index contributed by atoms with van der Waals surface area (Å²) in [5, 5.41) is 0. The minimum Gasteiger partial charge on any atom is -0.497 e. The molecule has 2 heterocycles. The minimum atomic E-state index is -4.25. The summed E-state index contributed by atoms with van der Waals surface area (Å²) in [7, 11) is 0. The molecule has 6 atom stereocenters. The van der Waals surface area contributed by atoms with E-state index in [4.69, 9.17) is 31.4 Å². The second-order valence-corrected chi connectivity index (χ2v) is 12.9. The smallest absolute Gasteiger partial charge is 0.391 e. The molecule has 45 heavy (non-hydrogen) atoms. The van der Waals surface area contributed by atoms with Gasteiger partial charge in [0.2, 0.25) is 0 Å². The van der Waals surface area contributed by atoms with Crippen LogP contribution < -0.4 is 17.2 Å². The van der Waals surface area contributed by atoms with E-state index in [0.29, 0.717) is 37.1 Å². The van der Waals surface area contributed by atoms with Gasteiger partial charge in [-0.3, -0.25) is 0 Å².